The zero-order valence-corrected chi connectivity index (χ0v) is 12.5. The van der Waals surface area contributed by atoms with Crippen LogP contribution >= 0.6 is 0 Å². The van der Waals surface area contributed by atoms with Crippen LogP contribution in [0, 0.1) is 24.0 Å². The highest BCUT2D eigenvalue weighted by atomic mass is 16.6. The predicted molar refractivity (Wildman–Crippen MR) is 83.5 cm³/mol. The maximum atomic E-state index is 12.2. The van der Waals surface area contributed by atoms with Gasteiger partial charge in [-0.3, -0.25) is 14.9 Å². The van der Waals surface area contributed by atoms with Gasteiger partial charge in [0.05, 0.1) is 12.0 Å². The van der Waals surface area contributed by atoms with Crippen molar-refractivity contribution in [2.75, 3.05) is 12.4 Å². The van der Waals surface area contributed by atoms with E-state index in [-0.39, 0.29) is 17.3 Å². The summed E-state index contributed by atoms with van der Waals surface area (Å²) in [7, 11) is 1.36. The molecule has 1 N–H and O–H groups in total. The molecule has 1 amide bonds. The number of carbonyl (C=O) groups is 1. The zero-order chi connectivity index (χ0) is 16.3. The lowest BCUT2D eigenvalue weighted by Gasteiger charge is -2.08. The largest absolute Gasteiger partial charge is 0.490 e. The minimum absolute atomic E-state index is 0.147. The number of nitro benzene ring substituents is 1. The van der Waals surface area contributed by atoms with Crippen molar-refractivity contribution in [3.8, 4) is 5.75 Å². The van der Waals surface area contributed by atoms with Gasteiger partial charge in [0.15, 0.2) is 5.75 Å². The Morgan fingerprint density at radius 3 is 2.45 bits per heavy atom. The molecule has 0 bridgehead atoms. The molecule has 2 aromatic rings. The van der Waals surface area contributed by atoms with Crippen molar-refractivity contribution in [3.05, 3.63) is 63.2 Å². The van der Waals surface area contributed by atoms with Crippen LogP contribution in [0.25, 0.3) is 0 Å². The number of ether oxygens (including phenoxy) is 1. The molecule has 0 aromatic heterocycles. The van der Waals surface area contributed by atoms with Gasteiger partial charge in [-0.2, -0.15) is 0 Å². The van der Waals surface area contributed by atoms with Crippen molar-refractivity contribution in [1.82, 2.24) is 0 Å². The number of rotatable bonds is 4. The second kappa shape index (κ2) is 6.26. The van der Waals surface area contributed by atoms with Crippen molar-refractivity contribution in [1.29, 1.82) is 0 Å². The normalized spacial score (nSPS) is 10.1. The first-order chi connectivity index (χ1) is 10.4. The van der Waals surface area contributed by atoms with E-state index in [0.717, 1.165) is 11.1 Å². The van der Waals surface area contributed by atoms with Crippen molar-refractivity contribution in [2.24, 2.45) is 0 Å². The van der Waals surface area contributed by atoms with E-state index in [1.165, 1.54) is 19.2 Å². The Morgan fingerprint density at radius 2 is 1.86 bits per heavy atom. The Balaban J connectivity index is 2.26. The fourth-order valence-corrected chi connectivity index (χ4v) is 2.00. The monoisotopic (exact) mass is 300 g/mol. The molecule has 0 fully saturated rings. The first-order valence-electron chi connectivity index (χ1n) is 6.63. The summed E-state index contributed by atoms with van der Waals surface area (Å²) in [5.41, 5.74) is 2.75. The third-order valence-electron chi connectivity index (χ3n) is 3.40. The van der Waals surface area contributed by atoms with E-state index in [1.54, 1.807) is 18.2 Å². The summed E-state index contributed by atoms with van der Waals surface area (Å²) in [6.45, 7) is 3.88. The summed E-state index contributed by atoms with van der Waals surface area (Å²) in [6.07, 6.45) is 0. The third-order valence-corrected chi connectivity index (χ3v) is 3.40. The molecule has 22 heavy (non-hydrogen) atoms. The summed E-state index contributed by atoms with van der Waals surface area (Å²) < 4.78 is 4.93. The first kappa shape index (κ1) is 15.5. The highest BCUT2D eigenvalue weighted by Crippen LogP contribution is 2.29. The van der Waals surface area contributed by atoms with E-state index >= 15 is 0 Å². The van der Waals surface area contributed by atoms with Crippen LogP contribution in [0.5, 0.6) is 5.75 Å². The van der Waals surface area contributed by atoms with E-state index in [0.29, 0.717) is 11.3 Å². The summed E-state index contributed by atoms with van der Waals surface area (Å²) in [5, 5.41) is 13.6. The number of benzene rings is 2. The molecule has 0 atom stereocenters. The maximum absolute atomic E-state index is 12.2. The van der Waals surface area contributed by atoms with Gasteiger partial charge >= 0.3 is 5.69 Å². The number of aryl methyl sites for hydroxylation is 2. The number of methoxy groups -OCH3 is 1. The van der Waals surface area contributed by atoms with Crippen molar-refractivity contribution < 1.29 is 14.5 Å². The van der Waals surface area contributed by atoms with Gasteiger partial charge in [0.1, 0.15) is 0 Å². The Labute approximate surface area is 127 Å². The molecule has 2 rings (SSSR count). The highest BCUT2D eigenvalue weighted by Gasteiger charge is 2.16. The van der Waals surface area contributed by atoms with Crippen molar-refractivity contribution in [2.45, 2.75) is 13.8 Å². The fraction of sp³-hybridized carbons (Fsp3) is 0.188. The van der Waals surface area contributed by atoms with E-state index in [2.05, 4.69) is 5.32 Å². The van der Waals surface area contributed by atoms with Gasteiger partial charge in [0.25, 0.3) is 5.91 Å². The number of hydrogen-bond donors (Lipinski definition) is 1. The van der Waals surface area contributed by atoms with Crippen molar-refractivity contribution >= 4 is 17.3 Å². The van der Waals surface area contributed by atoms with Crippen LogP contribution in [0.15, 0.2) is 36.4 Å². The molecule has 6 nitrogen and oxygen atoms in total. The lowest BCUT2D eigenvalue weighted by molar-refractivity contribution is -0.385. The lowest BCUT2D eigenvalue weighted by Crippen LogP contribution is -2.12. The number of amides is 1. The van der Waals surface area contributed by atoms with E-state index in [4.69, 9.17) is 4.74 Å². The summed E-state index contributed by atoms with van der Waals surface area (Å²) in [5.74, 6) is -0.170. The second-order valence-electron chi connectivity index (χ2n) is 4.90. The topological polar surface area (TPSA) is 81.5 Å². The van der Waals surface area contributed by atoms with Crippen LogP contribution in [0.3, 0.4) is 0 Å². The Hall–Kier alpha value is -2.89. The second-order valence-corrected chi connectivity index (χ2v) is 4.90. The fourth-order valence-electron chi connectivity index (χ4n) is 2.00. The Morgan fingerprint density at radius 1 is 1.14 bits per heavy atom. The lowest BCUT2D eigenvalue weighted by atomic mass is 10.1. The smallest absolute Gasteiger partial charge is 0.312 e. The predicted octanol–water partition coefficient (Wildman–Crippen LogP) is 3.47. The number of carbonyl (C=O) groups excluding carboxylic acids is 1. The Kier molecular flexibility index (Phi) is 4.41. The van der Waals surface area contributed by atoms with Crippen LogP contribution in [0.1, 0.15) is 21.5 Å². The molecule has 6 heteroatoms. The quantitative estimate of drug-likeness (QED) is 0.692. The van der Waals surface area contributed by atoms with Gasteiger partial charge in [-0.15, -0.1) is 0 Å². The van der Waals surface area contributed by atoms with Crippen LogP contribution in [-0.2, 0) is 0 Å². The van der Waals surface area contributed by atoms with Crippen LogP contribution < -0.4 is 10.1 Å². The average molecular weight is 300 g/mol. The minimum atomic E-state index is -0.551. The van der Waals surface area contributed by atoms with Crippen molar-refractivity contribution in [3.63, 3.8) is 0 Å². The van der Waals surface area contributed by atoms with Gasteiger partial charge in [-0.25, -0.2) is 0 Å². The van der Waals surface area contributed by atoms with E-state index < -0.39 is 4.92 Å². The molecule has 0 aliphatic heterocycles. The Bertz CT molecular complexity index is 741. The number of anilines is 1. The number of nitrogens with zero attached hydrogens (tertiary/aromatic N) is 1. The van der Waals surface area contributed by atoms with Gasteiger partial charge < -0.3 is 10.1 Å². The van der Waals surface area contributed by atoms with E-state index in [1.807, 2.05) is 19.9 Å². The van der Waals surface area contributed by atoms with Gasteiger partial charge in [-0.1, -0.05) is 6.07 Å². The van der Waals surface area contributed by atoms with Crippen LogP contribution in [0.2, 0.25) is 0 Å². The highest BCUT2D eigenvalue weighted by molar-refractivity contribution is 6.04. The minimum Gasteiger partial charge on any atom is -0.490 e. The van der Waals surface area contributed by atoms with E-state index in [9.17, 15) is 14.9 Å². The molecule has 0 spiro atoms. The number of hydrogen-bond acceptors (Lipinski definition) is 4. The average Bonchev–Trinajstić information content (AvgIpc) is 2.49. The summed E-state index contributed by atoms with van der Waals surface area (Å²) >= 11 is 0. The first-order valence-corrected chi connectivity index (χ1v) is 6.63. The molecule has 0 saturated heterocycles. The number of nitrogens with one attached hydrogen (secondary N) is 1. The standard InChI is InChI=1S/C16H16N2O4/c1-10-4-5-12(8-11(10)2)16(19)17-13-6-7-15(22-3)14(9-13)18(20)21/h4-9H,1-3H3,(H,17,19). The summed E-state index contributed by atoms with van der Waals surface area (Å²) in [6, 6.07) is 9.65. The van der Waals surface area contributed by atoms with Crippen LogP contribution in [0.4, 0.5) is 11.4 Å². The maximum Gasteiger partial charge on any atom is 0.312 e. The SMILES string of the molecule is COc1ccc(NC(=O)c2ccc(C)c(C)c2)cc1[N+](=O)[O-]. The molecule has 0 aliphatic carbocycles. The molecular weight excluding hydrogens is 284 g/mol. The number of nitro groups is 1. The third kappa shape index (κ3) is 3.22. The molecule has 0 aliphatic rings. The summed E-state index contributed by atoms with van der Waals surface area (Å²) in [4.78, 5) is 22.6. The molecular formula is C16H16N2O4. The van der Waals surface area contributed by atoms with Gasteiger partial charge in [0, 0.05) is 17.3 Å². The molecule has 0 unspecified atom stereocenters. The molecule has 114 valence electrons. The molecule has 0 saturated carbocycles. The zero-order valence-electron chi connectivity index (χ0n) is 12.5. The molecule has 0 heterocycles. The molecule has 0 radical (unpaired) electrons. The van der Waals surface area contributed by atoms with Gasteiger partial charge in [-0.05, 0) is 49.2 Å². The van der Waals surface area contributed by atoms with Crippen LogP contribution in [-0.4, -0.2) is 17.9 Å². The molecule has 2 aromatic carbocycles. The van der Waals surface area contributed by atoms with Gasteiger partial charge in [0.2, 0.25) is 0 Å².